The summed E-state index contributed by atoms with van der Waals surface area (Å²) in [6, 6.07) is 3.07. The Labute approximate surface area is 117 Å². The van der Waals surface area contributed by atoms with Crippen molar-refractivity contribution in [2.24, 2.45) is 5.92 Å². The van der Waals surface area contributed by atoms with Crippen LogP contribution in [0.4, 0.5) is 0 Å². The normalized spacial score (nSPS) is 32.6. The quantitative estimate of drug-likeness (QED) is 0.823. The first-order valence-electron chi connectivity index (χ1n) is 7.63. The smallest absolute Gasteiger partial charge is 0.108 e. The number of rotatable bonds is 5. The number of hydrogen-bond acceptors (Lipinski definition) is 4. The molecular formula is C15H27N3O. The Morgan fingerprint density at radius 3 is 2.74 bits per heavy atom. The van der Waals surface area contributed by atoms with Crippen molar-refractivity contribution in [3.05, 3.63) is 0 Å². The standard InChI is InChI=1S/C15H27N3O/c1-3-17-15(12-16)7-4-14(10-15)18(2)11-13-5-8-19-9-6-13/h13-14,17H,3-11H2,1-2H3. The number of nitrogens with zero attached hydrogens (tertiary/aromatic N) is 2. The Bertz CT molecular complexity index is 322. The first-order valence-corrected chi connectivity index (χ1v) is 7.63. The third-order valence-electron chi connectivity index (χ3n) is 4.73. The van der Waals surface area contributed by atoms with Crippen molar-refractivity contribution in [2.45, 2.75) is 50.6 Å². The van der Waals surface area contributed by atoms with Crippen LogP contribution in [0, 0.1) is 17.2 Å². The summed E-state index contributed by atoms with van der Waals surface area (Å²) in [7, 11) is 2.22. The van der Waals surface area contributed by atoms with Crippen LogP contribution in [-0.2, 0) is 4.74 Å². The van der Waals surface area contributed by atoms with Gasteiger partial charge in [0, 0.05) is 25.8 Å². The van der Waals surface area contributed by atoms with E-state index in [1.165, 1.54) is 12.8 Å². The van der Waals surface area contributed by atoms with E-state index in [1.807, 2.05) is 0 Å². The molecule has 0 aromatic heterocycles. The number of hydrogen-bond donors (Lipinski definition) is 1. The van der Waals surface area contributed by atoms with E-state index in [9.17, 15) is 5.26 Å². The van der Waals surface area contributed by atoms with Crippen LogP contribution >= 0.6 is 0 Å². The van der Waals surface area contributed by atoms with Crippen molar-refractivity contribution < 1.29 is 4.74 Å². The van der Waals surface area contributed by atoms with Gasteiger partial charge < -0.3 is 9.64 Å². The third-order valence-corrected chi connectivity index (χ3v) is 4.73. The molecule has 0 radical (unpaired) electrons. The topological polar surface area (TPSA) is 48.3 Å². The van der Waals surface area contributed by atoms with E-state index in [0.29, 0.717) is 6.04 Å². The lowest BCUT2D eigenvalue weighted by molar-refractivity contribution is 0.0503. The third kappa shape index (κ3) is 3.68. The molecule has 4 nitrogen and oxygen atoms in total. The molecule has 108 valence electrons. The average molecular weight is 265 g/mol. The van der Waals surface area contributed by atoms with Crippen molar-refractivity contribution in [1.82, 2.24) is 10.2 Å². The number of ether oxygens (including phenoxy) is 1. The van der Waals surface area contributed by atoms with Gasteiger partial charge in [-0.2, -0.15) is 5.26 Å². The Hall–Kier alpha value is -0.630. The fourth-order valence-corrected chi connectivity index (χ4v) is 3.52. The summed E-state index contributed by atoms with van der Waals surface area (Å²) in [5, 5.41) is 12.8. The van der Waals surface area contributed by atoms with E-state index in [4.69, 9.17) is 4.74 Å². The van der Waals surface area contributed by atoms with Gasteiger partial charge in [0.2, 0.25) is 0 Å². The zero-order valence-corrected chi connectivity index (χ0v) is 12.3. The fourth-order valence-electron chi connectivity index (χ4n) is 3.52. The lowest BCUT2D eigenvalue weighted by Gasteiger charge is -2.31. The van der Waals surface area contributed by atoms with Crippen LogP contribution in [0.25, 0.3) is 0 Å². The zero-order chi connectivity index (χ0) is 13.7. The predicted octanol–water partition coefficient (Wildman–Crippen LogP) is 1.77. The van der Waals surface area contributed by atoms with Crippen molar-refractivity contribution in [3.8, 4) is 6.07 Å². The molecule has 1 aliphatic heterocycles. The highest BCUT2D eigenvalue weighted by Gasteiger charge is 2.40. The first-order chi connectivity index (χ1) is 9.19. The van der Waals surface area contributed by atoms with Crippen LogP contribution in [0.3, 0.4) is 0 Å². The van der Waals surface area contributed by atoms with Crippen molar-refractivity contribution in [1.29, 1.82) is 5.26 Å². The molecule has 2 unspecified atom stereocenters. The molecule has 1 N–H and O–H groups in total. The summed E-state index contributed by atoms with van der Waals surface area (Å²) in [4.78, 5) is 2.48. The van der Waals surface area contributed by atoms with E-state index >= 15 is 0 Å². The number of nitriles is 1. The lowest BCUT2D eigenvalue weighted by Crippen LogP contribution is -2.44. The van der Waals surface area contributed by atoms with Crippen LogP contribution in [0.2, 0.25) is 0 Å². The maximum atomic E-state index is 9.42. The zero-order valence-electron chi connectivity index (χ0n) is 12.3. The van der Waals surface area contributed by atoms with E-state index in [0.717, 1.165) is 51.5 Å². The highest BCUT2D eigenvalue weighted by atomic mass is 16.5. The van der Waals surface area contributed by atoms with E-state index in [-0.39, 0.29) is 5.54 Å². The monoisotopic (exact) mass is 265 g/mol. The average Bonchev–Trinajstić information content (AvgIpc) is 2.85. The van der Waals surface area contributed by atoms with Crippen molar-refractivity contribution in [2.75, 3.05) is 33.4 Å². The second kappa shape index (κ2) is 6.69. The number of nitrogens with one attached hydrogen (secondary N) is 1. The van der Waals surface area contributed by atoms with Crippen LogP contribution in [0.15, 0.2) is 0 Å². The van der Waals surface area contributed by atoms with Gasteiger partial charge in [-0.3, -0.25) is 5.32 Å². The molecule has 0 aromatic carbocycles. The summed E-state index contributed by atoms with van der Waals surface area (Å²) in [6.45, 7) is 5.95. The van der Waals surface area contributed by atoms with Gasteiger partial charge in [0.25, 0.3) is 0 Å². The van der Waals surface area contributed by atoms with Crippen molar-refractivity contribution in [3.63, 3.8) is 0 Å². The fraction of sp³-hybridized carbons (Fsp3) is 0.933. The molecule has 4 heteroatoms. The summed E-state index contributed by atoms with van der Waals surface area (Å²) < 4.78 is 5.42. The minimum absolute atomic E-state index is 0.274. The maximum absolute atomic E-state index is 9.42. The second-order valence-electron chi connectivity index (χ2n) is 6.12. The molecule has 2 rings (SSSR count). The van der Waals surface area contributed by atoms with Gasteiger partial charge in [0.15, 0.2) is 0 Å². The molecule has 1 saturated heterocycles. The Morgan fingerprint density at radius 1 is 1.37 bits per heavy atom. The summed E-state index contributed by atoms with van der Waals surface area (Å²) in [5.74, 6) is 0.773. The molecule has 0 aromatic rings. The van der Waals surface area contributed by atoms with Gasteiger partial charge in [0.05, 0.1) is 6.07 Å². The van der Waals surface area contributed by atoms with Crippen LogP contribution < -0.4 is 5.32 Å². The molecule has 1 heterocycles. The van der Waals surface area contributed by atoms with Gasteiger partial charge in [-0.25, -0.2) is 0 Å². The van der Waals surface area contributed by atoms with Crippen molar-refractivity contribution >= 4 is 0 Å². The van der Waals surface area contributed by atoms with Gasteiger partial charge in [0.1, 0.15) is 5.54 Å². The Balaban J connectivity index is 1.83. The molecule has 0 amide bonds. The molecule has 1 aliphatic carbocycles. The Morgan fingerprint density at radius 2 is 2.11 bits per heavy atom. The minimum Gasteiger partial charge on any atom is -0.381 e. The van der Waals surface area contributed by atoms with Crippen LogP contribution in [0.1, 0.15) is 39.0 Å². The molecule has 0 bridgehead atoms. The van der Waals surface area contributed by atoms with Gasteiger partial charge in [-0.15, -0.1) is 0 Å². The molecule has 2 atom stereocenters. The SMILES string of the molecule is CCNC1(C#N)CCC(N(C)CC2CCOCC2)C1. The van der Waals surface area contributed by atoms with E-state index < -0.39 is 0 Å². The molecule has 2 aliphatic rings. The van der Waals surface area contributed by atoms with Gasteiger partial charge in [-0.05, 0) is 51.6 Å². The lowest BCUT2D eigenvalue weighted by atomic mass is 9.97. The summed E-state index contributed by atoms with van der Waals surface area (Å²) in [5.41, 5.74) is -0.274. The van der Waals surface area contributed by atoms with E-state index in [1.54, 1.807) is 0 Å². The summed E-state index contributed by atoms with van der Waals surface area (Å²) >= 11 is 0. The second-order valence-corrected chi connectivity index (χ2v) is 6.12. The molecule has 2 fully saturated rings. The Kier molecular flexibility index (Phi) is 5.20. The first kappa shape index (κ1) is 14.8. The van der Waals surface area contributed by atoms with Gasteiger partial charge >= 0.3 is 0 Å². The minimum atomic E-state index is -0.274. The predicted molar refractivity (Wildman–Crippen MR) is 75.8 cm³/mol. The summed E-state index contributed by atoms with van der Waals surface area (Å²) in [6.07, 6.45) is 5.47. The largest absolute Gasteiger partial charge is 0.381 e. The maximum Gasteiger partial charge on any atom is 0.108 e. The molecular weight excluding hydrogens is 238 g/mol. The highest BCUT2D eigenvalue weighted by Crippen LogP contribution is 2.33. The van der Waals surface area contributed by atoms with E-state index in [2.05, 4.69) is 30.3 Å². The van der Waals surface area contributed by atoms with Crippen LogP contribution in [-0.4, -0.2) is 49.8 Å². The van der Waals surface area contributed by atoms with Crippen LogP contribution in [0.5, 0.6) is 0 Å². The molecule has 0 spiro atoms. The highest BCUT2D eigenvalue weighted by molar-refractivity contribution is 5.13. The molecule has 19 heavy (non-hydrogen) atoms. The van der Waals surface area contributed by atoms with Gasteiger partial charge in [-0.1, -0.05) is 6.92 Å². The molecule has 1 saturated carbocycles.